The van der Waals surface area contributed by atoms with E-state index in [1.54, 1.807) is 0 Å². The van der Waals surface area contributed by atoms with Crippen LogP contribution in [0.25, 0.3) is 0 Å². The lowest BCUT2D eigenvalue weighted by Gasteiger charge is -2.22. The van der Waals surface area contributed by atoms with E-state index >= 15 is 0 Å². The summed E-state index contributed by atoms with van der Waals surface area (Å²) in [7, 11) is -2.40. The Bertz CT molecular complexity index is 400. The van der Waals surface area contributed by atoms with Crippen LogP contribution in [0.2, 0.25) is 0 Å². The molecule has 1 aromatic carbocycles. The molecular formula is C14H21O2P. The molecule has 0 radical (unpaired) electrons. The maximum Gasteiger partial charge on any atom is 0.206 e. The molecule has 94 valence electrons. The van der Waals surface area contributed by atoms with Gasteiger partial charge in [0.05, 0.1) is 6.10 Å². The van der Waals surface area contributed by atoms with Gasteiger partial charge >= 0.3 is 0 Å². The number of hydrogen-bond donors (Lipinski definition) is 0. The molecule has 0 N–H and O–H groups in total. The molecule has 3 heteroatoms. The minimum absolute atomic E-state index is 0.0669. The molecule has 0 saturated carbocycles. The van der Waals surface area contributed by atoms with Crippen LogP contribution in [0.15, 0.2) is 30.3 Å². The summed E-state index contributed by atoms with van der Waals surface area (Å²) in [5.41, 5.74) is 1.50. The molecule has 1 fully saturated rings. The largest absolute Gasteiger partial charge is 0.325 e. The fourth-order valence-corrected chi connectivity index (χ4v) is 5.59. The summed E-state index contributed by atoms with van der Waals surface area (Å²) in [6.07, 6.45) is 3.81. The van der Waals surface area contributed by atoms with Crippen molar-refractivity contribution in [2.75, 3.05) is 6.16 Å². The molecule has 17 heavy (non-hydrogen) atoms. The lowest BCUT2D eigenvalue weighted by Crippen LogP contribution is -2.12. The highest BCUT2D eigenvalue weighted by atomic mass is 31.2. The molecule has 0 aliphatic carbocycles. The first-order chi connectivity index (χ1) is 8.10. The summed E-state index contributed by atoms with van der Waals surface area (Å²) >= 11 is 0. The Balaban J connectivity index is 2.08. The molecule has 1 aliphatic rings. The van der Waals surface area contributed by atoms with Gasteiger partial charge in [0.2, 0.25) is 7.37 Å². The molecule has 1 saturated heterocycles. The van der Waals surface area contributed by atoms with Gasteiger partial charge in [-0.1, -0.05) is 30.3 Å². The molecule has 0 bridgehead atoms. The van der Waals surface area contributed by atoms with E-state index in [1.165, 1.54) is 5.56 Å². The predicted octanol–water partition coefficient (Wildman–Crippen LogP) is 4.09. The van der Waals surface area contributed by atoms with Gasteiger partial charge in [0.25, 0.3) is 0 Å². The van der Waals surface area contributed by atoms with Crippen molar-refractivity contribution in [2.45, 2.75) is 44.9 Å². The van der Waals surface area contributed by atoms with Crippen LogP contribution in [-0.2, 0) is 15.5 Å². The third-order valence-corrected chi connectivity index (χ3v) is 6.54. The van der Waals surface area contributed by atoms with Crippen LogP contribution in [0.3, 0.4) is 0 Å². The van der Waals surface area contributed by atoms with Crippen molar-refractivity contribution >= 4 is 7.37 Å². The van der Waals surface area contributed by atoms with E-state index in [2.05, 4.69) is 12.1 Å². The molecule has 0 amide bonds. The van der Waals surface area contributed by atoms with E-state index in [0.29, 0.717) is 0 Å². The van der Waals surface area contributed by atoms with Gasteiger partial charge in [-0.05, 0) is 38.7 Å². The first kappa shape index (κ1) is 12.9. The molecule has 2 nitrogen and oxygen atoms in total. The fraction of sp³-hybridized carbons (Fsp3) is 0.571. The summed E-state index contributed by atoms with van der Waals surface area (Å²) in [6.45, 7) is 3.94. The van der Waals surface area contributed by atoms with Crippen molar-refractivity contribution in [2.24, 2.45) is 0 Å². The summed E-state index contributed by atoms with van der Waals surface area (Å²) in [6, 6.07) is 10.3. The molecule has 2 atom stereocenters. The average molecular weight is 252 g/mol. The zero-order valence-corrected chi connectivity index (χ0v) is 11.5. The highest BCUT2D eigenvalue weighted by molar-refractivity contribution is 7.60. The monoisotopic (exact) mass is 252 g/mol. The van der Waals surface area contributed by atoms with Crippen LogP contribution in [0.4, 0.5) is 0 Å². The second-order valence-corrected chi connectivity index (χ2v) is 7.93. The minimum Gasteiger partial charge on any atom is -0.325 e. The topological polar surface area (TPSA) is 26.3 Å². The van der Waals surface area contributed by atoms with Crippen molar-refractivity contribution in [3.63, 3.8) is 0 Å². The number of hydrogen-bond acceptors (Lipinski definition) is 2. The maximum absolute atomic E-state index is 12.7. The van der Waals surface area contributed by atoms with Gasteiger partial charge in [-0.3, -0.25) is 4.57 Å². The lowest BCUT2D eigenvalue weighted by atomic mass is 10.1. The first-order valence-corrected chi connectivity index (χ1v) is 8.29. The summed E-state index contributed by atoms with van der Waals surface area (Å²) in [5.74, 6) is 0. The van der Waals surface area contributed by atoms with Gasteiger partial charge in [0.1, 0.15) is 0 Å². The maximum atomic E-state index is 12.7. The van der Waals surface area contributed by atoms with Crippen LogP contribution in [0.1, 0.15) is 32.3 Å². The van der Waals surface area contributed by atoms with E-state index in [9.17, 15) is 4.57 Å². The van der Waals surface area contributed by atoms with Gasteiger partial charge < -0.3 is 4.52 Å². The van der Waals surface area contributed by atoms with E-state index in [1.807, 2.05) is 32.0 Å². The van der Waals surface area contributed by atoms with Gasteiger partial charge in [0.15, 0.2) is 0 Å². The molecule has 2 unspecified atom stereocenters. The third-order valence-electron chi connectivity index (χ3n) is 3.27. The standard InChI is InChI=1S/C14H21O2P/c1-12(2)16-17(15)10-6-9-14(17)11-13-7-4-3-5-8-13/h3-5,7-8,12,14H,6,9-11H2,1-2H3. The average Bonchev–Trinajstić information content (AvgIpc) is 2.60. The van der Waals surface area contributed by atoms with Crippen LogP contribution < -0.4 is 0 Å². The molecule has 2 rings (SSSR count). The second-order valence-electron chi connectivity index (χ2n) is 5.09. The number of benzene rings is 1. The van der Waals surface area contributed by atoms with E-state index < -0.39 is 7.37 Å². The normalized spacial score (nSPS) is 28.8. The molecule has 1 aliphatic heterocycles. The van der Waals surface area contributed by atoms with Crippen molar-refractivity contribution in [1.29, 1.82) is 0 Å². The van der Waals surface area contributed by atoms with Gasteiger partial charge in [-0.2, -0.15) is 0 Å². The Morgan fingerprint density at radius 3 is 2.71 bits per heavy atom. The zero-order valence-electron chi connectivity index (χ0n) is 10.6. The second kappa shape index (κ2) is 5.37. The molecular weight excluding hydrogens is 231 g/mol. The van der Waals surface area contributed by atoms with E-state index in [0.717, 1.165) is 25.4 Å². The minimum atomic E-state index is -2.40. The SMILES string of the molecule is CC(C)OP1(=O)CCCC1Cc1ccccc1. The Kier molecular flexibility index (Phi) is 4.06. The molecule has 0 spiro atoms. The third kappa shape index (κ3) is 3.20. The molecule has 0 aromatic heterocycles. The predicted molar refractivity (Wildman–Crippen MR) is 71.9 cm³/mol. The smallest absolute Gasteiger partial charge is 0.206 e. The molecule has 1 aromatic rings. The first-order valence-electron chi connectivity index (χ1n) is 6.41. The van der Waals surface area contributed by atoms with E-state index in [-0.39, 0.29) is 11.8 Å². The van der Waals surface area contributed by atoms with Crippen LogP contribution in [0.5, 0.6) is 0 Å². The van der Waals surface area contributed by atoms with Crippen LogP contribution in [0, 0.1) is 0 Å². The Labute approximate surface area is 104 Å². The quantitative estimate of drug-likeness (QED) is 0.754. The van der Waals surface area contributed by atoms with Crippen molar-refractivity contribution in [3.8, 4) is 0 Å². The Hall–Kier alpha value is -0.590. The van der Waals surface area contributed by atoms with Crippen LogP contribution >= 0.6 is 7.37 Å². The van der Waals surface area contributed by atoms with Gasteiger partial charge in [0, 0.05) is 11.8 Å². The van der Waals surface area contributed by atoms with E-state index in [4.69, 9.17) is 4.52 Å². The van der Waals surface area contributed by atoms with Crippen molar-refractivity contribution < 1.29 is 9.09 Å². The van der Waals surface area contributed by atoms with Gasteiger partial charge in [-0.25, -0.2) is 0 Å². The molecule has 1 heterocycles. The van der Waals surface area contributed by atoms with Crippen molar-refractivity contribution in [1.82, 2.24) is 0 Å². The number of rotatable bonds is 4. The highest BCUT2D eigenvalue weighted by Gasteiger charge is 2.39. The Morgan fingerprint density at radius 2 is 2.06 bits per heavy atom. The lowest BCUT2D eigenvalue weighted by molar-refractivity contribution is 0.242. The van der Waals surface area contributed by atoms with Crippen LogP contribution in [-0.4, -0.2) is 17.9 Å². The Morgan fingerprint density at radius 1 is 1.35 bits per heavy atom. The summed E-state index contributed by atoms with van der Waals surface area (Å²) in [5, 5.41) is 0. The summed E-state index contributed by atoms with van der Waals surface area (Å²) < 4.78 is 18.5. The zero-order chi connectivity index (χ0) is 12.3. The highest BCUT2D eigenvalue weighted by Crippen LogP contribution is 2.60. The summed E-state index contributed by atoms with van der Waals surface area (Å²) in [4.78, 5) is 0. The van der Waals surface area contributed by atoms with Gasteiger partial charge in [-0.15, -0.1) is 0 Å². The van der Waals surface area contributed by atoms with Crippen molar-refractivity contribution in [3.05, 3.63) is 35.9 Å². The fourth-order valence-electron chi connectivity index (χ4n) is 2.55.